The third kappa shape index (κ3) is 8.16. The largest absolute Gasteiger partial charge is 0.486 e. The van der Waals surface area contributed by atoms with E-state index >= 15 is 0 Å². The van der Waals surface area contributed by atoms with Gasteiger partial charge in [-0.25, -0.2) is 4.39 Å². The third-order valence-corrected chi connectivity index (χ3v) is 6.15. The van der Waals surface area contributed by atoms with Crippen LogP contribution in [0.5, 0.6) is 5.75 Å². The van der Waals surface area contributed by atoms with Crippen LogP contribution in [-0.2, 0) is 17.6 Å². The Morgan fingerprint density at radius 1 is 1.31 bits per heavy atom. The first-order valence-corrected chi connectivity index (χ1v) is 12.4. The van der Waals surface area contributed by atoms with Crippen LogP contribution in [0.1, 0.15) is 70.8 Å². The summed E-state index contributed by atoms with van der Waals surface area (Å²) in [6, 6.07) is 5.64. The first-order valence-electron chi connectivity index (χ1n) is 12.0. The fourth-order valence-electron chi connectivity index (χ4n) is 4.56. The monoisotopic (exact) mass is 505 g/mol. The number of amides is 1. The molecule has 3 rings (SSSR count). The van der Waals surface area contributed by atoms with Crippen LogP contribution in [-0.4, -0.2) is 40.3 Å². The molecule has 1 aromatic carbocycles. The van der Waals surface area contributed by atoms with Gasteiger partial charge in [0.25, 0.3) is 0 Å². The van der Waals surface area contributed by atoms with Crippen molar-refractivity contribution in [3.05, 3.63) is 58.1 Å². The Morgan fingerprint density at radius 3 is 2.66 bits per heavy atom. The third-order valence-electron chi connectivity index (χ3n) is 5.93. The van der Waals surface area contributed by atoms with Crippen molar-refractivity contribution >= 4 is 17.5 Å². The van der Waals surface area contributed by atoms with E-state index in [2.05, 4.69) is 42.5 Å². The van der Waals surface area contributed by atoms with Crippen molar-refractivity contribution in [3.8, 4) is 5.75 Å². The molecule has 8 heteroatoms. The van der Waals surface area contributed by atoms with Gasteiger partial charge in [-0.15, -0.1) is 0 Å². The smallest absolute Gasteiger partial charge is 0.217 e. The number of aromatic nitrogens is 1. The highest BCUT2D eigenvalue weighted by Gasteiger charge is 2.35. The average molecular weight is 506 g/mol. The van der Waals surface area contributed by atoms with E-state index in [1.54, 1.807) is 12.3 Å². The lowest BCUT2D eigenvalue weighted by Gasteiger charge is -2.38. The molecule has 35 heavy (non-hydrogen) atoms. The maximum absolute atomic E-state index is 13.8. The molecule has 0 bridgehead atoms. The zero-order valence-corrected chi connectivity index (χ0v) is 22.2. The van der Waals surface area contributed by atoms with Gasteiger partial charge in [0.1, 0.15) is 17.2 Å². The lowest BCUT2D eigenvalue weighted by molar-refractivity contribution is -0.120. The van der Waals surface area contributed by atoms with Crippen LogP contribution in [0.4, 0.5) is 4.39 Å². The van der Waals surface area contributed by atoms with Crippen molar-refractivity contribution in [2.75, 3.05) is 6.54 Å². The van der Waals surface area contributed by atoms with Crippen LogP contribution < -0.4 is 15.4 Å². The number of pyridine rings is 1. The highest BCUT2D eigenvalue weighted by Crippen LogP contribution is 2.40. The molecule has 3 N–H and O–H groups in total. The minimum absolute atomic E-state index is 0.0632. The van der Waals surface area contributed by atoms with Gasteiger partial charge in [0.15, 0.2) is 0 Å². The van der Waals surface area contributed by atoms with E-state index in [1.165, 1.54) is 19.1 Å². The highest BCUT2D eigenvalue weighted by atomic mass is 35.5. The molecular formula is C27H37ClFN3O3. The molecule has 3 atom stereocenters. The second kappa shape index (κ2) is 10.8. The molecule has 0 radical (unpaired) electrons. The predicted molar refractivity (Wildman–Crippen MR) is 136 cm³/mol. The molecule has 0 saturated carbocycles. The van der Waals surface area contributed by atoms with E-state index in [0.29, 0.717) is 12.0 Å². The zero-order valence-electron chi connectivity index (χ0n) is 21.4. The van der Waals surface area contributed by atoms with E-state index in [0.717, 1.165) is 23.4 Å². The van der Waals surface area contributed by atoms with Gasteiger partial charge >= 0.3 is 0 Å². The van der Waals surface area contributed by atoms with Crippen LogP contribution >= 0.6 is 11.6 Å². The summed E-state index contributed by atoms with van der Waals surface area (Å²) in [6.45, 7) is 12.2. The molecule has 1 aliphatic heterocycles. The lowest BCUT2D eigenvalue weighted by Crippen LogP contribution is -2.49. The Bertz CT molecular complexity index is 1030. The Balaban J connectivity index is 1.77. The molecule has 0 aliphatic carbocycles. The minimum atomic E-state index is -0.911. The van der Waals surface area contributed by atoms with Gasteiger partial charge in [0.2, 0.25) is 5.91 Å². The molecule has 0 spiro atoms. The van der Waals surface area contributed by atoms with Crippen LogP contribution in [0.15, 0.2) is 30.5 Å². The van der Waals surface area contributed by atoms with E-state index in [9.17, 15) is 14.3 Å². The maximum atomic E-state index is 13.8. The number of carbonyl (C=O) groups is 1. The van der Waals surface area contributed by atoms with E-state index in [-0.39, 0.29) is 35.4 Å². The van der Waals surface area contributed by atoms with Gasteiger partial charge in [0, 0.05) is 42.2 Å². The molecule has 2 heterocycles. The van der Waals surface area contributed by atoms with Crippen molar-refractivity contribution in [3.63, 3.8) is 0 Å². The van der Waals surface area contributed by atoms with Crippen molar-refractivity contribution in [1.29, 1.82) is 0 Å². The number of fused-ring (bicyclic) bond motifs is 1. The number of hydrogen-bond donors (Lipinski definition) is 3. The van der Waals surface area contributed by atoms with Gasteiger partial charge in [0.05, 0.1) is 18.3 Å². The molecule has 1 amide bonds. The number of hydrogen-bond acceptors (Lipinski definition) is 5. The second-order valence-electron chi connectivity index (χ2n) is 11.3. The van der Waals surface area contributed by atoms with Crippen molar-refractivity contribution in [1.82, 2.24) is 15.6 Å². The summed E-state index contributed by atoms with van der Waals surface area (Å²) in [5, 5.41) is 17.6. The SMILES string of the molecule is CC(=O)N[C@@H](Cc1cc(F)cc(Cl)c1)[C@@H](O)CN[C@H]1CC(C)(C)Oc2cnc(CC(C)(C)C)cc21. The molecule has 1 aliphatic rings. The fraction of sp³-hybridized carbons (Fsp3) is 0.556. The summed E-state index contributed by atoms with van der Waals surface area (Å²) in [7, 11) is 0. The van der Waals surface area contributed by atoms with Gasteiger partial charge in [-0.05, 0) is 61.9 Å². The normalized spacial score (nSPS) is 18.8. The molecule has 192 valence electrons. The van der Waals surface area contributed by atoms with Crippen LogP contribution in [0, 0.1) is 11.2 Å². The molecule has 0 unspecified atom stereocenters. The minimum Gasteiger partial charge on any atom is -0.486 e. The first-order chi connectivity index (χ1) is 16.2. The van der Waals surface area contributed by atoms with Crippen LogP contribution in [0.3, 0.4) is 0 Å². The number of nitrogens with zero attached hydrogens (tertiary/aromatic N) is 1. The number of carbonyl (C=O) groups excluding carboxylic acids is 1. The maximum Gasteiger partial charge on any atom is 0.217 e. The molecule has 0 fully saturated rings. The van der Waals surface area contributed by atoms with Crippen molar-refractivity contribution in [2.45, 2.75) is 84.6 Å². The van der Waals surface area contributed by atoms with Gasteiger partial charge < -0.3 is 20.5 Å². The summed E-state index contributed by atoms with van der Waals surface area (Å²) in [5.41, 5.74) is 2.30. The number of nitrogens with one attached hydrogen (secondary N) is 2. The lowest BCUT2D eigenvalue weighted by atomic mass is 9.87. The van der Waals surface area contributed by atoms with Crippen LogP contribution in [0.25, 0.3) is 0 Å². The van der Waals surface area contributed by atoms with Gasteiger partial charge in [-0.2, -0.15) is 0 Å². The van der Waals surface area contributed by atoms with Gasteiger partial charge in [-0.3, -0.25) is 9.78 Å². The molecule has 0 saturated heterocycles. The predicted octanol–water partition coefficient (Wildman–Crippen LogP) is 4.76. The summed E-state index contributed by atoms with van der Waals surface area (Å²) < 4.78 is 20.0. The Kier molecular flexibility index (Phi) is 8.45. The molecule has 1 aromatic heterocycles. The number of ether oxygens (including phenoxy) is 1. The number of aliphatic hydroxyl groups is 1. The molecule has 6 nitrogen and oxygen atoms in total. The summed E-state index contributed by atoms with van der Waals surface area (Å²) in [6.07, 6.45) is 2.66. The van der Waals surface area contributed by atoms with Crippen molar-refractivity contribution in [2.24, 2.45) is 5.41 Å². The van der Waals surface area contributed by atoms with E-state index < -0.39 is 23.6 Å². The molecular weight excluding hydrogens is 469 g/mol. The van der Waals surface area contributed by atoms with Crippen LogP contribution in [0.2, 0.25) is 5.02 Å². The Labute approximate surface area is 212 Å². The van der Waals surface area contributed by atoms with E-state index in [1.807, 2.05) is 13.8 Å². The van der Waals surface area contributed by atoms with E-state index in [4.69, 9.17) is 16.3 Å². The number of benzene rings is 1. The highest BCUT2D eigenvalue weighted by molar-refractivity contribution is 6.30. The number of aliphatic hydroxyl groups excluding tert-OH is 1. The standard InChI is InChI=1S/C27H37ClFN3O3/c1-16(33)32-22(9-17-7-18(28)10-19(29)8-17)24(34)14-31-23-13-27(5,6)35-25-15-30-20(11-21(23)25)12-26(2,3)4/h7-8,10-11,15,22-24,31,34H,9,12-14H2,1-6H3,(H,32,33)/t22-,23-,24-/m0/s1. The molecule has 2 aromatic rings. The second-order valence-corrected chi connectivity index (χ2v) is 11.8. The van der Waals surface area contributed by atoms with Gasteiger partial charge in [-0.1, -0.05) is 32.4 Å². The Morgan fingerprint density at radius 2 is 2.03 bits per heavy atom. The van der Waals surface area contributed by atoms with Crippen molar-refractivity contribution < 1.29 is 19.0 Å². The number of halogens is 2. The fourth-order valence-corrected chi connectivity index (χ4v) is 4.80. The quantitative estimate of drug-likeness (QED) is 0.481. The summed E-state index contributed by atoms with van der Waals surface area (Å²) in [5.74, 6) is 0.00751. The zero-order chi connectivity index (χ0) is 26.0. The summed E-state index contributed by atoms with van der Waals surface area (Å²) in [4.78, 5) is 16.4. The average Bonchev–Trinajstić information content (AvgIpc) is 2.69. The summed E-state index contributed by atoms with van der Waals surface area (Å²) >= 11 is 5.99. The Hall–Kier alpha value is -2.22. The topological polar surface area (TPSA) is 83.5 Å². The first kappa shape index (κ1) is 27.4. The number of rotatable bonds is 8.